The van der Waals surface area contributed by atoms with Crippen LogP contribution in [0, 0.1) is 0 Å². The Balaban J connectivity index is 2.18. The minimum Gasteiger partial charge on any atom is -0.427 e. The predicted molar refractivity (Wildman–Crippen MR) is 90.4 cm³/mol. The van der Waals surface area contributed by atoms with Gasteiger partial charge in [-0.15, -0.1) is 0 Å². The van der Waals surface area contributed by atoms with Crippen LogP contribution in [0.3, 0.4) is 0 Å². The van der Waals surface area contributed by atoms with Crippen molar-refractivity contribution in [1.82, 2.24) is 0 Å². The zero-order valence-corrected chi connectivity index (χ0v) is 14.8. The van der Waals surface area contributed by atoms with Crippen LogP contribution in [0.25, 0.3) is 0 Å². The molecule has 0 bridgehead atoms. The molecule has 0 amide bonds. The molecule has 0 saturated heterocycles. The van der Waals surface area contributed by atoms with Crippen LogP contribution in [-0.2, 0) is 8.83 Å². The standard InChI is InChI=1S/C15H26O5P2/c1-2-3-4-5-6-7-11-14-18-22(20-21(16)17)19-15-12-9-8-10-13-15/h8-10,12-13,16-17H,2-7,11,14H2,1H3. The van der Waals surface area contributed by atoms with E-state index in [0.717, 1.165) is 12.8 Å². The van der Waals surface area contributed by atoms with Gasteiger partial charge in [-0.25, -0.2) is 4.31 Å². The highest BCUT2D eigenvalue weighted by molar-refractivity contribution is 7.54. The smallest absolute Gasteiger partial charge is 0.404 e. The van der Waals surface area contributed by atoms with E-state index in [-0.39, 0.29) is 0 Å². The van der Waals surface area contributed by atoms with Gasteiger partial charge in [0, 0.05) is 0 Å². The largest absolute Gasteiger partial charge is 0.427 e. The quantitative estimate of drug-likeness (QED) is 0.375. The number of hydrogen-bond donors (Lipinski definition) is 2. The van der Waals surface area contributed by atoms with Crippen molar-refractivity contribution in [2.75, 3.05) is 6.61 Å². The summed E-state index contributed by atoms with van der Waals surface area (Å²) in [5.41, 5.74) is 0. The number of benzene rings is 1. The molecule has 1 aromatic rings. The van der Waals surface area contributed by atoms with Crippen LogP contribution in [0.4, 0.5) is 0 Å². The average Bonchev–Trinajstić information content (AvgIpc) is 2.50. The highest BCUT2D eigenvalue weighted by atomic mass is 31.2. The molecule has 0 saturated carbocycles. The Morgan fingerprint density at radius 3 is 2.18 bits per heavy atom. The van der Waals surface area contributed by atoms with Crippen LogP contribution in [-0.4, -0.2) is 16.4 Å². The monoisotopic (exact) mass is 348 g/mol. The molecule has 0 heterocycles. The third-order valence-electron chi connectivity index (χ3n) is 3.01. The van der Waals surface area contributed by atoms with E-state index in [4.69, 9.17) is 23.1 Å². The molecule has 2 N–H and O–H groups in total. The second-order valence-electron chi connectivity index (χ2n) is 4.92. The van der Waals surface area contributed by atoms with Crippen molar-refractivity contribution in [2.45, 2.75) is 51.9 Å². The van der Waals surface area contributed by atoms with Crippen LogP contribution in [0.1, 0.15) is 51.9 Å². The van der Waals surface area contributed by atoms with Crippen LogP contribution in [0.5, 0.6) is 5.75 Å². The minimum absolute atomic E-state index is 0.496. The molecule has 22 heavy (non-hydrogen) atoms. The molecule has 1 aromatic carbocycles. The molecular weight excluding hydrogens is 322 g/mol. The molecular formula is C15H26O5P2. The fourth-order valence-corrected chi connectivity index (χ4v) is 3.32. The average molecular weight is 348 g/mol. The highest BCUT2D eigenvalue weighted by Gasteiger charge is 2.19. The second-order valence-corrected chi connectivity index (χ2v) is 6.96. The van der Waals surface area contributed by atoms with E-state index in [9.17, 15) is 0 Å². The first-order valence-corrected chi connectivity index (χ1v) is 10.0. The topological polar surface area (TPSA) is 68.2 Å². The van der Waals surface area contributed by atoms with Crippen molar-refractivity contribution in [3.05, 3.63) is 30.3 Å². The fourth-order valence-electron chi connectivity index (χ4n) is 1.89. The lowest BCUT2D eigenvalue weighted by Gasteiger charge is -2.16. The first-order valence-electron chi connectivity index (χ1n) is 7.74. The van der Waals surface area contributed by atoms with Gasteiger partial charge in [0.2, 0.25) is 0 Å². The lowest BCUT2D eigenvalue weighted by atomic mass is 10.1. The Morgan fingerprint density at radius 2 is 1.55 bits per heavy atom. The predicted octanol–water partition coefficient (Wildman–Crippen LogP) is 5.29. The first kappa shape index (κ1) is 19.8. The maximum atomic E-state index is 8.98. The van der Waals surface area contributed by atoms with Gasteiger partial charge in [0.1, 0.15) is 5.75 Å². The van der Waals surface area contributed by atoms with E-state index in [0.29, 0.717) is 12.4 Å². The molecule has 1 rings (SSSR count). The summed E-state index contributed by atoms with van der Waals surface area (Å²) in [7, 11) is -4.27. The van der Waals surface area contributed by atoms with Crippen molar-refractivity contribution < 1.29 is 23.1 Å². The van der Waals surface area contributed by atoms with Crippen LogP contribution in [0.2, 0.25) is 0 Å². The van der Waals surface area contributed by atoms with E-state index >= 15 is 0 Å². The maximum Gasteiger partial charge on any atom is 0.404 e. The SMILES string of the molecule is CCCCCCCCCOP(Oc1ccccc1)OP(O)O. The van der Waals surface area contributed by atoms with Gasteiger partial charge in [0.15, 0.2) is 0 Å². The highest BCUT2D eigenvalue weighted by Crippen LogP contribution is 2.50. The lowest BCUT2D eigenvalue weighted by Crippen LogP contribution is -1.97. The summed E-state index contributed by atoms with van der Waals surface area (Å²) in [6.45, 7) is 2.70. The van der Waals surface area contributed by atoms with Crippen molar-refractivity contribution in [3.63, 3.8) is 0 Å². The van der Waals surface area contributed by atoms with Gasteiger partial charge in [-0.3, -0.25) is 0 Å². The summed E-state index contributed by atoms with van der Waals surface area (Å²) in [6, 6.07) is 9.08. The zero-order chi connectivity index (χ0) is 16.0. The Bertz CT molecular complexity index is 364. The molecule has 126 valence electrons. The van der Waals surface area contributed by atoms with Crippen molar-refractivity contribution in [2.24, 2.45) is 0 Å². The Morgan fingerprint density at radius 1 is 0.909 bits per heavy atom. The first-order chi connectivity index (χ1) is 10.7. The van der Waals surface area contributed by atoms with E-state index in [1.807, 2.05) is 18.2 Å². The number of unbranched alkanes of at least 4 members (excludes halogenated alkanes) is 6. The molecule has 0 radical (unpaired) electrons. The number of rotatable bonds is 13. The van der Waals surface area contributed by atoms with Crippen molar-refractivity contribution in [3.8, 4) is 5.75 Å². The van der Waals surface area contributed by atoms with Crippen molar-refractivity contribution >= 4 is 17.2 Å². The summed E-state index contributed by atoms with van der Waals surface area (Å²) in [4.78, 5) is 18.0. The van der Waals surface area contributed by atoms with Gasteiger partial charge in [0.05, 0.1) is 6.61 Å². The van der Waals surface area contributed by atoms with Gasteiger partial charge >= 0.3 is 17.2 Å². The Kier molecular flexibility index (Phi) is 11.8. The lowest BCUT2D eigenvalue weighted by molar-refractivity contribution is 0.246. The maximum absolute atomic E-state index is 8.98. The van der Waals surface area contributed by atoms with Gasteiger partial charge < -0.3 is 18.8 Å². The van der Waals surface area contributed by atoms with Crippen LogP contribution < -0.4 is 4.52 Å². The molecule has 7 heteroatoms. The van der Waals surface area contributed by atoms with Crippen LogP contribution in [0.15, 0.2) is 30.3 Å². The molecule has 1 atom stereocenters. The molecule has 1 unspecified atom stereocenters. The van der Waals surface area contributed by atoms with Gasteiger partial charge in [-0.2, -0.15) is 0 Å². The number of para-hydroxylation sites is 1. The molecule has 0 aromatic heterocycles. The van der Waals surface area contributed by atoms with Gasteiger partial charge in [0.25, 0.3) is 0 Å². The van der Waals surface area contributed by atoms with Crippen LogP contribution >= 0.6 is 17.2 Å². The van der Waals surface area contributed by atoms with E-state index in [1.54, 1.807) is 12.1 Å². The second kappa shape index (κ2) is 13.2. The number of hydrogen-bond acceptors (Lipinski definition) is 5. The normalized spacial score (nSPS) is 12.5. The molecule has 0 spiro atoms. The molecule has 5 nitrogen and oxygen atoms in total. The summed E-state index contributed by atoms with van der Waals surface area (Å²) in [5, 5.41) is 0. The van der Waals surface area contributed by atoms with E-state index in [2.05, 4.69) is 6.92 Å². The summed E-state index contributed by atoms with van der Waals surface area (Å²) in [6.07, 6.45) is 8.34. The Labute approximate surface area is 135 Å². The molecule has 0 fully saturated rings. The molecule has 0 aliphatic rings. The summed E-state index contributed by atoms with van der Waals surface area (Å²) < 4.78 is 15.9. The van der Waals surface area contributed by atoms with Gasteiger partial charge in [-0.05, 0) is 18.6 Å². The minimum atomic E-state index is -2.49. The molecule has 0 aliphatic heterocycles. The van der Waals surface area contributed by atoms with Crippen molar-refractivity contribution in [1.29, 1.82) is 0 Å². The zero-order valence-electron chi connectivity index (χ0n) is 13.1. The third kappa shape index (κ3) is 10.4. The fraction of sp³-hybridized carbons (Fsp3) is 0.600. The third-order valence-corrected chi connectivity index (χ3v) is 4.88. The van der Waals surface area contributed by atoms with E-state index in [1.165, 1.54) is 32.1 Å². The van der Waals surface area contributed by atoms with E-state index < -0.39 is 17.2 Å². The summed E-state index contributed by atoms with van der Waals surface area (Å²) in [5.74, 6) is 0.588. The van der Waals surface area contributed by atoms with Gasteiger partial charge in [-0.1, -0.05) is 63.6 Å². The molecule has 0 aliphatic carbocycles. The Hall–Kier alpha value is -0.280. The summed E-state index contributed by atoms with van der Waals surface area (Å²) >= 11 is 0.